The maximum Gasteiger partial charge on any atom is 0.222 e. The van der Waals surface area contributed by atoms with Crippen LogP contribution in [0.2, 0.25) is 0 Å². The van der Waals surface area contributed by atoms with Crippen LogP contribution < -0.4 is 0 Å². The van der Waals surface area contributed by atoms with Crippen LogP contribution in [0.5, 0.6) is 0 Å². The lowest BCUT2D eigenvalue weighted by Crippen LogP contribution is -2.56. The van der Waals surface area contributed by atoms with Gasteiger partial charge in [-0.3, -0.25) is 9.69 Å². The van der Waals surface area contributed by atoms with Gasteiger partial charge in [0.15, 0.2) is 0 Å². The Labute approximate surface area is 115 Å². The molecule has 0 aromatic rings. The van der Waals surface area contributed by atoms with E-state index >= 15 is 0 Å². The van der Waals surface area contributed by atoms with Crippen molar-refractivity contribution in [1.82, 2.24) is 9.80 Å². The first-order valence-corrected chi connectivity index (χ1v) is 7.62. The molecule has 4 nitrogen and oxygen atoms in total. The molecule has 4 atom stereocenters. The van der Waals surface area contributed by atoms with Crippen LogP contribution >= 0.6 is 0 Å². The molecule has 2 heterocycles. The molecule has 0 spiro atoms. The molecule has 0 aromatic carbocycles. The lowest BCUT2D eigenvalue weighted by Gasteiger charge is -2.45. The number of hydrogen-bond acceptors (Lipinski definition) is 3. The van der Waals surface area contributed by atoms with Crippen LogP contribution in [0.15, 0.2) is 0 Å². The number of fused-ring (bicyclic) bond motifs is 1. The van der Waals surface area contributed by atoms with Crippen molar-refractivity contribution in [3.05, 3.63) is 0 Å². The van der Waals surface area contributed by atoms with Gasteiger partial charge in [-0.05, 0) is 31.6 Å². The normalized spacial score (nSPS) is 40.0. The number of nitrogens with zero attached hydrogens (tertiary/aromatic N) is 3. The highest BCUT2D eigenvalue weighted by molar-refractivity contribution is 5.78. The lowest BCUT2D eigenvalue weighted by atomic mass is 9.78. The second-order valence-electron chi connectivity index (χ2n) is 6.50. The van der Waals surface area contributed by atoms with Gasteiger partial charge in [0.05, 0.1) is 12.0 Å². The molecule has 1 aliphatic carbocycles. The number of piperazine rings is 1. The molecule has 19 heavy (non-hydrogen) atoms. The number of amides is 1. The zero-order valence-corrected chi connectivity index (χ0v) is 11.7. The molecule has 0 N–H and O–H groups in total. The minimum Gasteiger partial charge on any atom is -0.337 e. The van der Waals surface area contributed by atoms with Crippen molar-refractivity contribution in [3.8, 4) is 6.07 Å². The van der Waals surface area contributed by atoms with Crippen molar-refractivity contribution in [2.24, 2.45) is 11.8 Å². The highest BCUT2D eigenvalue weighted by atomic mass is 16.2. The molecular formula is C15H23N3O. The minimum atomic E-state index is 0.194. The first-order chi connectivity index (χ1) is 9.19. The smallest absolute Gasteiger partial charge is 0.222 e. The van der Waals surface area contributed by atoms with E-state index in [1.54, 1.807) is 0 Å². The maximum atomic E-state index is 11.7. The number of carbonyl (C=O) groups is 1. The van der Waals surface area contributed by atoms with Gasteiger partial charge in [-0.1, -0.05) is 6.92 Å². The molecule has 0 radical (unpaired) electrons. The molecule has 2 saturated heterocycles. The summed E-state index contributed by atoms with van der Waals surface area (Å²) in [6.07, 6.45) is 5.12. The van der Waals surface area contributed by atoms with Crippen LogP contribution in [-0.4, -0.2) is 47.4 Å². The Hall–Kier alpha value is -1.08. The SMILES string of the molecule is CC1CCC(C#N)C(N2CCN3C(=O)CCC3C2)C1. The zero-order valence-electron chi connectivity index (χ0n) is 11.7. The summed E-state index contributed by atoms with van der Waals surface area (Å²) in [6.45, 7) is 5.11. The quantitative estimate of drug-likeness (QED) is 0.720. The minimum absolute atomic E-state index is 0.194. The molecule has 4 unspecified atom stereocenters. The van der Waals surface area contributed by atoms with Crippen molar-refractivity contribution < 1.29 is 4.79 Å². The summed E-state index contributed by atoms with van der Waals surface area (Å²) in [6, 6.07) is 3.36. The van der Waals surface area contributed by atoms with E-state index in [9.17, 15) is 10.1 Å². The second-order valence-corrected chi connectivity index (χ2v) is 6.50. The molecule has 3 fully saturated rings. The van der Waals surface area contributed by atoms with Crippen LogP contribution in [-0.2, 0) is 4.79 Å². The summed E-state index contributed by atoms with van der Waals surface area (Å²) < 4.78 is 0. The van der Waals surface area contributed by atoms with Gasteiger partial charge in [-0.15, -0.1) is 0 Å². The van der Waals surface area contributed by atoms with E-state index in [0.717, 1.165) is 51.2 Å². The summed E-state index contributed by atoms with van der Waals surface area (Å²) in [5, 5.41) is 9.37. The largest absolute Gasteiger partial charge is 0.337 e. The van der Waals surface area contributed by atoms with E-state index in [4.69, 9.17) is 0 Å². The third kappa shape index (κ3) is 2.36. The predicted molar refractivity (Wildman–Crippen MR) is 72.2 cm³/mol. The van der Waals surface area contributed by atoms with Crippen LogP contribution in [0.1, 0.15) is 39.0 Å². The maximum absolute atomic E-state index is 11.7. The molecule has 4 heteroatoms. The third-order valence-electron chi connectivity index (χ3n) is 5.24. The number of nitriles is 1. The molecule has 0 bridgehead atoms. The molecular weight excluding hydrogens is 238 g/mol. The Balaban J connectivity index is 1.69. The summed E-state index contributed by atoms with van der Waals surface area (Å²) in [5.41, 5.74) is 0. The summed E-state index contributed by atoms with van der Waals surface area (Å²) in [7, 11) is 0. The fourth-order valence-corrected chi connectivity index (χ4v) is 4.09. The Morgan fingerprint density at radius 2 is 2.11 bits per heavy atom. The van der Waals surface area contributed by atoms with E-state index < -0.39 is 0 Å². The molecule has 104 valence electrons. The second kappa shape index (κ2) is 5.13. The summed E-state index contributed by atoms with van der Waals surface area (Å²) in [4.78, 5) is 16.3. The van der Waals surface area contributed by atoms with E-state index in [-0.39, 0.29) is 5.92 Å². The van der Waals surface area contributed by atoms with Crippen molar-refractivity contribution in [2.45, 2.75) is 51.1 Å². The monoisotopic (exact) mass is 261 g/mol. The van der Waals surface area contributed by atoms with Crippen LogP contribution in [0.25, 0.3) is 0 Å². The topological polar surface area (TPSA) is 47.3 Å². The Morgan fingerprint density at radius 1 is 1.26 bits per heavy atom. The summed E-state index contributed by atoms with van der Waals surface area (Å²) >= 11 is 0. The van der Waals surface area contributed by atoms with E-state index in [0.29, 0.717) is 18.0 Å². The van der Waals surface area contributed by atoms with E-state index in [1.165, 1.54) is 6.42 Å². The van der Waals surface area contributed by atoms with Gasteiger partial charge in [0.2, 0.25) is 5.91 Å². The van der Waals surface area contributed by atoms with Gasteiger partial charge >= 0.3 is 0 Å². The highest BCUT2D eigenvalue weighted by Crippen LogP contribution is 2.34. The Morgan fingerprint density at radius 3 is 2.89 bits per heavy atom. The van der Waals surface area contributed by atoms with Gasteiger partial charge in [0, 0.05) is 38.1 Å². The summed E-state index contributed by atoms with van der Waals surface area (Å²) in [5.74, 6) is 1.26. The molecule has 1 amide bonds. The van der Waals surface area contributed by atoms with Crippen molar-refractivity contribution in [3.63, 3.8) is 0 Å². The van der Waals surface area contributed by atoms with Gasteiger partial charge in [-0.2, -0.15) is 5.26 Å². The number of rotatable bonds is 1. The average molecular weight is 261 g/mol. The van der Waals surface area contributed by atoms with Gasteiger partial charge in [-0.25, -0.2) is 0 Å². The average Bonchev–Trinajstić information content (AvgIpc) is 2.80. The fourth-order valence-electron chi connectivity index (χ4n) is 4.09. The predicted octanol–water partition coefficient (Wildman–Crippen LogP) is 1.62. The Kier molecular flexibility index (Phi) is 3.49. The van der Waals surface area contributed by atoms with Crippen LogP contribution in [0, 0.1) is 23.2 Å². The van der Waals surface area contributed by atoms with Crippen molar-refractivity contribution in [1.29, 1.82) is 5.26 Å². The standard InChI is InChI=1S/C15H23N3O/c1-11-2-3-12(9-16)14(8-11)17-6-7-18-13(10-17)4-5-15(18)19/h11-14H,2-8,10H2,1H3. The fraction of sp³-hybridized carbons (Fsp3) is 0.867. The first-order valence-electron chi connectivity index (χ1n) is 7.62. The van der Waals surface area contributed by atoms with Crippen molar-refractivity contribution in [2.75, 3.05) is 19.6 Å². The molecule has 3 aliphatic rings. The molecule has 0 aromatic heterocycles. The Bertz CT molecular complexity index is 403. The van der Waals surface area contributed by atoms with Crippen LogP contribution in [0.4, 0.5) is 0 Å². The molecule has 2 aliphatic heterocycles. The van der Waals surface area contributed by atoms with Gasteiger partial charge in [0.25, 0.3) is 0 Å². The van der Waals surface area contributed by atoms with E-state index in [1.807, 2.05) is 0 Å². The van der Waals surface area contributed by atoms with E-state index in [2.05, 4.69) is 22.8 Å². The van der Waals surface area contributed by atoms with Gasteiger partial charge < -0.3 is 4.90 Å². The van der Waals surface area contributed by atoms with Gasteiger partial charge in [0.1, 0.15) is 0 Å². The van der Waals surface area contributed by atoms with Crippen molar-refractivity contribution >= 4 is 5.91 Å². The van der Waals surface area contributed by atoms with Crippen LogP contribution in [0.3, 0.4) is 0 Å². The molecule has 3 rings (SSSR count). The molecule has 1 saturated carbocycles. The number of hydrogen-bond donors (Lipinski definition) is 0. The third-order valence-corrected chi connectivity index (χ3v) is 5.24. The number of carbonyl (C=O) groups excluding carboxylic acids is 1. The first kappa shape index (κ1) is 12.9. The zero-order chi connectivity index (χ0) is 13.4. The lowest BCUT2D eigenvalue weighted by molar-refractivity contribution is -0.131. The highest BCUT2D eigenvalue weighted by Gasteiger charge is 2.40.